The third kappa shape index (κ3) is 3.67. The van der Waals surface area contributed by atoms with Crippen LogP contribution in [0, 0.1) is 5.92 Å². The summed E-state index contributed by atoms with van der Waals surface area (Å²) < 4.78 is 0. The van der Waals surface area contributed by atoms with E-state index in [4.69, 9.17) is 0 Å². The van der Waals surface area contributed by atoms with E-state index in [1.165, 1.54) is 19.3 Å². The van der Waals surface area contributed by atoms with Crippen molar-refractivity contribution in [3.05, 3.63) is 0 Å². The summed E-state index contributed by atoms with van der Waals surface area (Å²) in [6, 6.07) is 0.484. The largest absolute Gasteiger partial charge is 0.336 e. The van der Waals surface area contributed by atoms with Crippen molar-refractivity contribution in [1.29, 1.82) is 0 Å². The topological polar surface area (TPSA) is 44.4 Å². The van der Waals surface area contributed by atoms with Crippen LogP contribution in [0.2, 0.25) is 0 Å². The molecule has 1 fully saturated rings. The first-order chi connectivity index (χ1) is 7.69. The molecule has 1 rings (SSSR count). The van der Waals surface area contributed by atoms with Gasteiger partial charge in [-0.1, -0.05) is 13.3 Å². The van der Waals surface area contributed by atoms with Crippen molar-refractivity contribution in [2.24, 2.45) is 5.92 Å². The summed E-state index contributed by atoms with van der Waals surface area (Å²) in [6.07, 6.45) is 3.74. The first-order valence-corrected chi connectivity index (χ1v) is 6.41. The van der Waals surface area contributed by atoms with Gasteiger partial charge in [0.15, 0.2) is 0 Å². The Bertz CT molecular complexity index is 220. The first kappa shape index (κ1) is 13.3. The number of carbonyl (C=O) groups excluding carboxylic acids is 1. The van der Waals surface area contributed by atoms with Gasteiger partial charge >= 0.3 is 6.03 Å². The Balaban J connectivity index is 2.32. The Labute approximate surface area is 98.8 Å². The van der Waals surface area contributed by atoms with E-state index in [9.17, 15) is 4.79 Å². The van der Waals surface area contributed by atoms with Gasteiger partial charge in [0.25, 0.3) is 0 Å². The Morgan fingerprint density at radius 3 is 2.88 bits per heavy atom. The number of piperidine rings is 1. The number of nitrogens with one attached hydrogen (secondary N) is 2. The highest BCUT2D eigenvalue weighted by Gasteiger charge is 2.23. The van der Waals surface area contributed by atoms with Gasteiger partial charge in [0.1, 0.15) is 0 Å². The van der Waals surface area contributed by atoms with Crippen LogP contribution < -0.4 is 10.6 Å². The summed E-state index contributed by atoms with van der Waals surface area (Å²) >= 11 is 0. The van der Waals surface area contributed by atoms with Gasteiger partial charge in [0, 0.05) is 26.2 Å². The molecule has 1 heterocycles. The van der Waals surface area contributed by atoms with E-state index >= 15 is 0 Å². The molecule has 1 aliphatic rings. The quantitative estimate of drug-likeness (QED) is 0.763. The fourth-order valence-electron chi connectivity index (χ4n) is 2.22. The van der Waals surface area contributed by atoms with E-state index in [0.717, 1.165) is 19.6 Å². The summed E-state index contributed by atoms with van der Waals surface area (Å²) in [4.78, 5) is 13.3. The van der Waals surface area contributed by atoms with Crippen molar-refractivity contribution in [2.75, 3.05) is 26.7 Å². The average Bonchev–Trinajstić information content (AvgIpc) is 2.35. The lowest BCUT2D eigenvalue weighted by atomic mass is 9.89. The number of rotatable bonds is 4. The van der Waals surface area contributed by atoms with Gasteiger partial charge in [-0.15, -0.1) is 0 Å². The second-order valence-electron chi connectivity index (χ2n) is 4.57. The Kier molecular flexibility index (Phi) is 5.60. The normalized spacial score (nSPS) is 25.2. The maximum Gasteiger partial charge on any atom is 0.317 e. The molecule has 0 aliphatic carbocycles. The van der Waals surface area contributed by atoms with Crippen LogP contribution in [0.4, 0.5) is 4.79 Å². The Morgan fingerprint density at radius 2 is 2.25 bits per heavy atom. The van der Waals surface area contributed by atoms with Crippen molar-refractivity contribution >= 4 is 6.03 Å². The van der Waals surface area contributed by atoms with E-state index in [-0.39, 0.29) is 6.03 Å². The Morgan fingerprint density at radius 1 is 1.50 bits per heavy atom. The van der Waals surface area contributed by atoms with E-state index in [0.29, 0.717) is 12.0 Å². The van der Waals surface area contributed by atoms with Gasteiger partial charge in [-0.2, -0.15) is 0 Å². The molecule has 16 heavy (non-hydrogen) atoms. The van der Waals surface area contributed by atoms with Crippen molar-refractivity contribution in [3.63, 3.8) is 0 Å². The molecule has 1 aliphatic heterocycles. The van der Waals surface area contributed by atoms with Crippen LogP contribution in [0.3, 0.4) is 0 Å². The van der Waals surface area contributed by atoms with Crippen molar-refractivity contribution in [1.82, 2.24) is 15.5 Å². The summed E-state index contributed by atoms with van der Waals surface area (Å²) in [5, 5.41) is 6.49. The molecule has 0 aromatic heterocycles. The van der Waals surface area contributed by atoms with Gasteiger partial charge in [0.2, 0.25) is 0 Å². The summed E-state index contributed by atoms with van der Waals surface area (Å²) in [5.74, 6) is 0.709. The molecule has 0 aromatic carbocycles. The zero-order valence-corrected chi connectivity index (χ0v) is 10.8. The summed E-state index contributed by atoms with van der Waals surface area (Å²) in [5.41, 5.74) is 0. The first-order valence-electron chi connectivity index (χ1n) is 6.41. The number of hydrogen-bond acceptors (Lipinski definition) is 2. The fraction of sp³-hybridized carbons (Fsp3) is 0.917. The molecule has 2 atom stereocenters. The zero-order chi connectivity index (χ0) is 12.0. The minimum Gasteiger partial charge on any atom is -0.336 e. The predicted octanol–water partition coefficient (Wildman–Crippen LogP) is 1.43. The predicted molar refractivity (Wildman–Crippen MR) is 66.5 cm³/mol. The molecule has 94 valence electrons. The summed E-state index contributed by atoms with van der Waals surface area (Å²) in [6.45, 7) is 6.79. The second-order valence-corrected chi connectivity index (χ2v) is 4.57. The van der Waals surface area contributed by atoms with E-state index in [2.05, 4.69) is 17.6 Å². The molecule has 0 bridgehead atoms. The van der Waals surface area contributed by atoms with Gasteiger partial charge in [-0.05, 0) is 32.2 Å². The van der Waals surface area contributed by atoms with Crippen LogP contribution in [-0.4, -0.2) is 43.7 Å². The highest BCUT2D eigenvalue weighted by atomic mass is 16.2. The highest BCUT2D eigenvalue weighted by Crippen LogP contribution is 2.19. The Hall–Kier alpha value is -0.770. The molecule has 2 unspecified atom stereocenters. The van der Waals surface area contributed by atoms with Crippen LogP contribution in [-0.2, 0) is 0 Å². The monoisotopic (exact) mass is 227 g/mol. The number of carbonyl (C=O) groups is 1. The average molecular weight is 227 g/mol. The zero-order valence-electron chi connectivity index (χ0n) is 10.8. The van der Waals surface area contributed by atoms with Gasteiger partial charge < -0.3 is 15.5 Å². The van der Waals surface area contributed by atoms with Gasteiger partial charge in [-0.3, -0.25) is 0 Å². The maximum atomic E-state index is 11.6. The molecule has 2 amide bonds. The minimum absolute atomic E-state index is 0.0322. The molecular formula is C12H25N3O. The standard InChI is InChI=1S/C12H25N3O/c1-4-10-7-6-8-13-11(10)9-14-12(16)15(3)5-2/h10-11,13H,4-9H2,1-3H3,(H,14,16). The molecule has 2 N–H and O–H groups in total. The molecule has 0 radical (unpaired) electrons. The minimum atomic E-state index is 0.0322. The molecule has 0 aromatic rings. The number of nitrogens with zero attached hydrogens (tertiary/aromatic N) is 1. The van der Waals surface area contributed by atoms with Crippen molar-refractivity contribution in [2.45, 2.75) is 39.2 Å². The number of urea groups is 1. The number of amides is 2. The maximum absolute atomic E-state index is 11.6. The lowest BCUT2D eigenvalue weighted by Crippen LogP contribution is -2.50. The number of hydrogen-bond donors (Lipinski definition) is 2. The van der Waals surface area contributed by atoms with Gasteiger partial charge in [0.05, 0.1) is 0 Å². The second kappa shape index (κ2) is 6.74. The third-order valence-corrected chi connectivity index (χ3v) is 3.55. The van der Waals surface area contributed by atoms with Gasteiger partial charge in [-0.25, -0.2) is 4.79 Å². The fourth-order valence-corrected chi connectivity index (χ4v) is 2.22. The van der Waals surface area contributed by atoms with E-state index in [1.54, 1.807) is 4.90 Å². The van der Waals surface area contributed by atoms with Crippen LogP contribution in [0.25, 0.3) is 0 Å². The molecule has 0 saturated carbocycles. The van der Waals surface area contributed by atoms with Crippen LogP contribution in [0.15, 0.2) is 0 Å². The highest BCUT2D eigenvalue weighted by molar-refractivity contribution is 5.73. The molecule has 1 saturated heterocycles. The van der Waals surface area contributed by atoms with Crippen molar-refractivity contribution < 1.29 is 4.79 Å². The van der Waals surface area contributed by atoms with E-state index < -0.39 is 0 Å². The third-order valence-electron chi connectivity index (χ3n) is 3.55. The van der Waals surface area contributed by atoms with Crippen LogP contribution in [0.5, 0.6) is 0 Å². The molecule has 4 heteroatoms. The molecule has 4 nitrogen and oxygen atoms in total. The molecular weight excluding hydrogens is 202 g/mol. The van der Waals surface area contributed by atoms with Crippen molar-refractivity contribution in [3.8, 4) is 0 Å². The smallest absolute Gasteiger partial charge is 0.317 e. The van der Waals surface area contributed by atoms with Crippen LogP contribution >= 0.6 is 0 Å². The van der Waals surface area contributed by atoms with E-state index in [1.807, 2.05) is 14.0 Å². The lowest BCUT2D eigenvalue weighted by Gasteiger charge is -2.32. The van der Waals surface area contributed by atoms with Crippen LogP contribution in [0.1, 0.15) is 33.1 Å². The SMILES string of the molecule is CCC1CCCNC1CNC(=O)N(C)CC. The summed E-state index contributed by atoms with van der Waals surface area (Å²) in [7, 11) is 1.82. The molecule has 0 spiro atoms. The lowest BCUT2D eigenvalue weighted by molar-refractivity contribution is 0.203.